The molecule has 2 aromatic heterocycles. The lowest BCUT2D eigenvalue weighted by molar-refractivity contribution is -0.137. The van der Waals surface area contributed by atoms with Crippen molar-refractivity contribution < 1.29 is 22.8 Å². The fraction of sp³-hybridized carbons (Fsp3) is 0.200. The molecule has 208 valence electrons. The van der Waals surface area contributed by atoms with E-state index in [1.807, 2.05) is 24.3 Å². The highest BCUT2D eigenvalue weighted by Crippen LogP contribution is 2.34. The lowest BCUT2D eigenvalue weighted by Crippen LogP contribution is -2.38. The van der Waals surface area contributed by atoms with Crippen LogP contribution >= 0.6 is 22.7 Å². The van der Waals surface area contributed by atoms with Gasteiger partial charge in [-0.3, -0.25) is 14.9 Å². The number of para-hydroxylation sites is 1. The van der Waals surface area contributed by atoms with E-state index in [2.05, 4.69) is 15.3 Å². The van der Waals surface area contributed by atoms with Crippen LogP contribution in [-0.4, -0.2) is 39.8 Å². The standard InChI is InChI=1S/C30H23F3N4O2S2/c31-30(32,33)20-11-9-18(10-12-20)21-5-1-2-6-22(21)28(39)37-15-13-19(14-16-37)27-34-24(17-40-27)26(38)36-29-35-23-7-3-4-8-25(23)41-29/h1-12,17,19H,13-16H2,(H,35,36,38). The number of nitrogens with zero attached hydrogens (tertiary/aromatic N) is 3. The number of piperidine rings is 1. The number of carbonyl (C=O) groups excluding carboxylic acids is 2. The van der Waals surface area contributed by atoms with Crippen LogP contribution < -0.4 is 5.32 Å². The van der Waals surface area contributed by atoms with E-state index >= 15 is 0 Å². The highest BCUT2D eigenvalue weighted by atomic mass is 32.1. The number of fused-ring (bicyclic) bond motifs is 1. The Balaban J connectivity index is 1.10. The minimum absolute atomic E-state index is 0.123. The molecular formula is C30H23F3N4O2S2. The minimum atomic E-state index is -4.42. The summed E-state index contributed by atoms with van der Waals surface area (Å²) in [5, 5.41) is 5.96. The van der Waals surface area contributed by atoms with Crippen molar-refractivity contribution in [2.24, 2.45) is 0 Å². The number of amides is 2. The molecule has 0 atom stereocenters. The van der Waals surface area contributed by atoms with Gasteiger partial charge in [-0.2, -0.15) is 13.2 Å². The van der Waals surface area contributed by atoms with Gasteiger partial charge in [-0.25, -0.2) is 9.97 Å². The number of thiazole rings is 2. The number of alkyl halides is 3. The molecule has 3 heterocycles. The van der Waals surface area contributed by atoms with Crippen molar-refractivity contribution in [1.82, 2.24) is 14.9 Å². The fourth-order valence-corrected chi connectivity index (χ4v) is 6.76. The van der Waals surface area contributed by atoms with Crippen molar-refractivity contribution in [2.45, 2.75) is 24.9 Å². The molecule has 0 radical (unpaired) electrons. The number of benzene rings is 3. The monoisotopic (exact) mass is 592 g/mol. The average Bonchev–Trinajstić information content (AvgIpc) is 3.64. The van der Waals surface area contributed by atoms with Gasteiger partial charge in [0.05, 0.1) is 20.8 Å². The summed E-state index contributed by atoms with van der Waals surface area (Å²) in [5.41, 5.74) is 2.04. The summed E-state index contributed by atoms with van der Waals surface area (Å²) < 4.78 is 40.0. The molecular weight excluding hydrogens is 569 g/mol. The molecule has 6 rings (SSSR count). The third-order valence-corrected chi connectivity index (χ3v) is 9.04. The van der Waals surface area contributed by atoms with Crippen LogP contribution in [0.4, 0.5) is 18.3 Å². The van der Waals surface area contributed by atoms with Gasteiger partial charge in [0.2, 0.25) is 0 Å². The van der Waals surface area contributed by atoms with Gasteiger partial charge in [-0.1, -0.05) is 53.8 Å². The van der Waals surface area contributed by atoms with Gasteiger partial charge in [-0.15, -0.1) is 11.3 Å². The normalized spacial score (nSPS) is 14.4. The van der Waals surface area contributed by atoms with Gasteiger partial charge in [0.1, 0.15) is 5.69 Å². The molecule has 11 heteroatoms. The zero-order valence-electron chi connectivity index (χ0n) is 21.5. The molecule has 1 saturated heterocycles. The van der Waals surface area contributed by atoms with Crippen LogP contribution in [0.1, 0.15) is 50.2 Å². The van der Waals surface area contributed by atoms with Crippen molar-refractivity contribution >= 4 is 49.8 Å². The predicted octanol–water partition coefficient (Wildman–Crippen LogP) is 7.71. The van der Waals surface area contributed by atoms with Crippen LogP contribution in [-0.2, 0) is 6.18 Å². The van der Waals surface area contributed by atoms with Crippen LogP contribution in [0.3, 0.4) is 0 Å². The second-order valence-electron chi connectivity index (χ2n) is 9.70. The molecule has 1 N–H and O–H groups in total. The number of rotatable bonds is 5. The Morgan fingerprint density at radius 3 is 2.34 bits per heavy atom. The van der Waals surface area contributed by atoms with E-state index < -0.39 is 11.7 Å². The van der Waals surface area contributed by atoms with E-state index in [0.29, 0.717) is 53.4 Å². The Morgan fingerprint density at radius 1 is 0.902 bits per heavy atom. The summed E-state index contributed by atoms with van der Waals surface area (Å²) in [7, 11) is 0. The van der Waals surface area contributed by atoms with Gasteiger partial charge < -0.3 is 4.90 Å². The molecule has 1 aliphatic rings. The van der Waals surface area contributed by atoms with Crippen molar-refractivity contribution in [1.29, 1.82) is 0 Å². The van der Waals surface area contributed by atoms with Gasteiger partial charge >= 0.3 is 6.18 Å². The van der Waals surface area contributed by atoms with E-state index in [0.717, 1.165) is 27.4 Å². The molecule has 1 aliphatic heterocycles. The Labute approximate surface area is 241 Å². The number of likely N-dealkylation sites (tertiary alicyclic amines) is 1. The first-order valence-corrected chi connectivity index (χ1v) is 14.6. The highest BCUT2D eigenvalue weighted by molar-refractivity contribution is 7.22. The zero-order chi connectivity index (χ0) is 28.6. The third kappa shape index (κ3) is 5.73. The van der Waals surface area contributed by atoms with Gasteiger partial charge in [0, 0.05) is 30.0 Å². The second-order valence-corrected chi connectivity index (χ2v) is 11.6. The number of carbonyl (C=O) groups is 2. The van der Waals surface area contributed by atoms with Gasteiger partial charge in [-0.05, 0) is 54.3 Å². The first-order valence-electron chi connectivity index (χ1n) is 12.9. The van der Waals surface area contributed by atoms with Crippen molar-refractivity contribution in [2.75, 3.05) is 18.4 Å². The lowest BCUT2D eigenvalue weighted by atomic mass is 9.94. The number of halogens is 3. The van der Waals surface area contributed by atoms with Crippen molar-refractivity contribution in [3.05, 3.63) is 100 Å². The SMILES string of the molecule is O=C(Nc1nc2ccccc2s1)c1csc(C2CCN(C(=O)c3ccccc3-c3ccc(C(F)(F)F)cc3)CC2)n1. The largest absolute Gasteiger partial charge is 0.416 e. The molecule has 5 aromatic rings. The minimum Gasteiger partial charge on any atom is -0.339 e. The van der Waals surface area contributed by atoms with Gasteiger partial charge in [0.25, 0.3) is 11.8 Å². The van der Waals surface area contributed by atoms with Crippen LogP contribution in [0, 0.1) is 0 Å². The average molecular weight is 593 g/mol. The predicted molar refractivity (Wildman–Crippen MR) is 154 cm³/mol. The summed E-state index contributed by atoms with van der Waals surface area (Å²) in [6, 6.07) is 19.5. The quantitative estimate of drug-likeness (QED) is 0.227. The molecule has 0 spiro atoms. The summed E-state index contributed by atoms with van der Waals surface area (Å²) in [6.07, 6.45) is -3.03. The van der Waals surface area contributed by atoms with Crippen LogP contribution in [0.25, 0.3) is 21.3 Å². The van der Waals surface area contributed by atoms with E-state index in [1.165, 1.54) is 34.8 Å². The van der Waals surface area contributed by atoms with E-state index in [1.54, 1.807) is 34.5 Å². The third-order valence-electron chi connectivity index (χ3n) is 7.08. The number of aromatic nitrogens is 2. The molecule has 1 fully saturated rings. The summed E-state index contributed by atoms with van der Waals surface area (Å²) in [4.78, 5) is 37.1. The molecule has 2 amide bonds. The van der Waals surface area contributed by atoms with Crippen LogP contribution in [0.15, 0.2) is 78.2 Å². The molecule has 3 aromatic carbocycles. The Bertz CT molecular complexity index is 1690. The second kappa shape index (κ2) is 11.1. The Hall–Kier alpha value is -4.09. The van der Waals surface area contributed by atoms with E-state index in [9.17, 15) is 22.8 Å². The number of hydrogen-bond acceptors (Lipinski definition) is 6. The van der Waals surface area contributed by atoms with E-state index in [4.69, 9.17) is 0 Å². The maximum atomic E-state index is 13.5. The lowest BCUT2D eigenvalue weighted by Gasteiger charge is -2.31. The Kier molecular flexibility index (Phi) is 7.31. The zero-order valence-corrected chi connectivity index (χ0v) is 23.2. The molecule has 0 bridgehead atoms. The van der Waals surface area contributed by atoms with Crippen molar-refractivity contribution in [3.8, 4) is 11.1 Å². The number of hydrogen-bond donors (Lipinski definition) is 1. The first-order chi connectivity index (χ1) is 19.8. The summed E-state index contributed by atoms with van der Waals surface area (Å²) in [6.45, 7) is 1.02. The number of nitrogens with one attached hydrogen (secondary N) is 1. The molecule has 6 nitrogen and oxygen atoms in total. The first kappa shape index (κ1) is 27.1. The highest BCUT2D eigenvalue weighted by Gasteiger charge is 2.31. The van der Waals surface area contributed by atoms with Crippen LogP contribution in [0.2, 0.25) is 0 Å². The number of anilines is 1. The maximum Gasteiger partial charge on any atom is 0.416 e. The molecule has 0 unspecified atom stereocenters. The molecule has 0 saturated carbocycles. The summed E-state index contributed by atoms with van der Waals surface area (Å²) >= 11 is 2.84. The fourth-order valence-electron chi connectivity index (χ4n) is 4.93. The molecule has 41 heavy (non-hydrogen) atoms. The van der Waals surface area contributed by atoms with Crippen LogP contribution in [0.5, 0.6) is 0 Å². The Morgan fingerprint density at radius 2 is 1.61 bits per heavy atom. The van der Waals surface area contributed by atoms with Crippen molar-refractivity contribution in [3.63, 3.8) is 0 Å². The maximum absolute atomic E-state index is 13.5. The molecule has 0 aliphatic carbocycles. The van der Waals surface area contributed by atoms with Gasteiger partial charge in [0.15, 0.2) is 5.13 Å². The van der Waals surface area contributed by atoms with E-state index in [-0.39, 0.29) is 17.7 Å². The summed E-state index contributed by atoms with van der Waals surface area (Å²) in [5.74, 6) is -0.341. The smallest absolute Gasteiger partial charge is 0.339 e. The topological polar surface area (TPSA) is 75.2 Å².